The van der Waals surface area contributed by atoms with Gasteiger partial charge in [-0.05, 0) is 24.1 Å². The van der Waals surface area contributed by atoms with Crippen molar-refractivity contribution in [2.24, 2.45) is 0 Å². The summed E-state index contributed by atoms with van der Waals surface area (Å²) in [5.41, 5.74) is 1.17. The van der Waals surface area contributed by atoms with Crippen molar-refractivity contribution in [1.29, 1.82) is 0 Å². The lowest BCUT2D eigenvalue weighted by Gasteiger charge is -2.06. The third kappa shape index (κ3) is 1.75. The van der Waals surface area contributed by atoms with Crippen LogP contribution in [0, 0.1) is 0 Å². The van der Waals surface area contributed by atoms with E-state index in [1.165, 1.54) is 0 Å². The molecule has 77 valence electrons. The predicted octanol–water partition coefficient (Wildman–Crippen LogP) is 2.46. The number of amides is 1. The van der Waals surface area contributed by atoms with Crippen LogP contribution in [-0.2, 0) is 5.11 Å². The van der Waals surface area contributed by atoms with Gasteiger partial charge in [0.05, 0.1) is 0 Å². The first-order chi connectivity index (χ1) is 7.22. The van der Waals surface area contributed by atoms with E-state index in [1.54, 1.807) is 30.5 Å². The molecule has 1 heterocycles. The summed E-state index contributed by atoms with van der Waals surface area (Å²) in [6.45, 7) is 0. The molecule has 2 rings (SSSR count). The number of aromatic nitrogens is 1. The molecule has 1 aromatic carbocycles. The fourth-order valence-corrected chi connectivity index (χ4v) is 1.56. The second-order valence-electron chi connectivity index (χ2n) is 2.71. The third-order valence-corrected chi connectivity index (χ3v) is 2.48. The molecule has 1 radical (unpaired) electrons. The van der Waals surface area contributed by atoms with Crippen molar-refractivity contribution < 1.29 is 14.3 Å². The molecule has 0 aliphatic rings. The fourth-order valence-electron chi connectivity index (χ4n) is 1.18. The smallest absolute Gasteiger partial charge is 0.422 e. The van der Waals surface area contributed by atoms with Crippen molar-refractivity contribution in [3.05, 3.63) is 24.3 Å². The predicted molar refractivity (Wildman–Crippen MR) is 56.1 cm³/mol. The summed E-state index contributed by atoms with van der Waals surface area (Å²) in [6, 6.07) is 7.08. The number of fused-ring (bicyclic) bond motifs is 1. The van der Waals surface area contributed by atoms with Gasteiger partial charge >= 0.3 is 12.1 Å². The zero-order chi connectivity index (χ0) is 10.8. The molecular weight excluding hydrogens is 216 g/mol. The Hall–Kier alpha value is -1.69. The zero-order valence-corrected chi connectivity index (χ0v) is 8.65. The second-order valence-corrected chi connectivity index (χ2v) is 3.44. The van der Waals surface area contributed by atoms with Gasteiger partial charge in [-0.1, -0.05) is 12.1 Å². The van der Waals surface area contributed by atoms with Crippen LogP contribution in [0.2, 0.25) is 0 Å². The molecule has 0 bridgehead atoms. The number of hydrogen-bond donors (Lipinski definition) is 0. The number of anilines is 1. The van der Waals surface area contributed by atoms with Crippen LogP contribution in [-0.4, -0.2) is 17.3 Å². The average molecular weight is 223 g/mol. The quantitative estimate of drug-likeness (QED) is 0.733. The highest BCUT2D eigenvalue weighted by molar-refractivity contribution is 8.00. The van der Waals surface area contributed by atoms with E-state index in [9.17, 15) is 9.90 Å². The summed E-state index contributed by atoms with van der Waals surface area (Å²) in [5.74, 6) is 0. The molecule has 15 heavy (non-hydrogen) atoms. The molecule has 0 unspecified atom stereocenters. The first-order valence-corrected chi connectivity index (χ1v) is 5.31. The van der Waals surface area contributed by atoms with E-state index in [1.807, 2.05) is 0 Å². The number of nitrogens with zero attached hydrogens (tertiary/aromatic N) is 2. The molecule has 5 nitrogen and oxygen atoms in total. The number of carbonyl (C=O) groups excluding carboxylic acids is 1. The molecular formula is C9H7N2O3S. The van der Waals surface area contributed by atoms with E-state index < -0.39 is 6.09 Å². The minimum Gasteiger partial charge on any atom is -0.422 e. The number of carbonyl (C=O) groups is 1. The van der Waals surface area contributed by atoms with Crippen LogP contribution >= 0.6 is 11.9 Å². The monoisotopic (exact) mass is 223 g/mol. The van der Waals surface area contributed by atoms with Crippen LogP contribution < -0.4 is 4.31 Å². The van der Waals surface area contributed by atoms with Crippen LogP contribution in [0.25, 0.3) is 11.1 Å². The van der Waals surface area contributed by atoms with E-state index in [-0.39, 0.29) is 6.01 Å². The van der Waals surface area contributed by atoms with Crippen molar-refractivity contribution in [2.45, 2.75) is 0 Å². The Bertz CT molecular complexity index is 464. The van der Waals surface area contributed by atoms with Crippen LogP contribution in [0.3, 0.4) is 0 Å². The van der Waals surface area contributed by atoms with Gasteiger partial charge in [-0.15, -0.1) is 0 Å². The summed E-state index contributed by atoms with van der Waals surface area (Å²) in [7, 11) is 0. The molecule has 0 aliphatic carbocycles. The van der Waals surface area contributed by atoms with E-state index in [2.05, 4.69) is 4.98 Å². The highest BCUT2D eigenvalue weighted by Crippen LogP contribution is 2.25. The molecule has 1 amide bonds. The Morgan fingerprint density at radius 2 is 2.20 bits per heavy atom. The van der Waals surface area contributed by atoms with Crippen molar-refractivity contribution in [1.82, 2.24) is 4.98 Å². The summed E-state index contributed by atoms with van der Waals surface area (Å²) in [4.78, 5) is 14.7. The Morgan fingerprint density at radius 3 is 2.80 bits per heavy atom. The lowest BCUT2D eigenvalue weighted by Crippen LogP contribution is -2.19. The Labute approximate surface area is 89.8 Å². The second kappa shape index (κ2) is 3.82. The van der Waals surface area contributed by atoms with Gasteiger partial charge in [-0.3, -0.25) is 0 Å². The normalized spacial score (nSPS) is 10.5. The van der Waals surface area contributed by atoms with Crippen LogP contribution in [0.15, 0.2) is 28.7 Å². The maximum atomic E-state index is 10.7. The molecule has 0 aliphatic heterocycles. The lowest BCUT2D eigenvalue weighted by atomic mass is 10.3. The first-order valence-electron chi connectivity index (χ1n) is 4.13. The van der Waals surface area contributed by atoms with Gasteiger partial charge in [0.15, 0.2) is 5.58 Å². The SMILES string of the molecule is CSN(C([O])=O)c1nc2ccccc2o1. The Balaban J connectivity index is 2.47. The average Bonchev–Trinajstić information content (AvgIpc) is 2.61. The number of rotatable bonds is 2. The highest BCUT2D eigenvalue weighted by Gasteiger charge is 2.21. The van der Waals surface area contributed by atoms with E-state index in [4.69, 9.17) is 4.42 Å². The summed E-state index contributed by atoms with van der Waals surface area (Å²) < 4.78 is 6.12. The summed E-state index contributed by atoms with van der Waals surface area (Å²) >= 11 is 0.961. The summed E-state index contributed by atoms with van der Waals surface area (Å²) in [6.07, 6.45) is 0.249. The van der Waals surface area contributed by atoms with Crippen molar-refractivity contribution >= 4 is 35.2 Å². The topological polar surface area (TPSA) is 66.2 Å². The molecule has 0 fully saturated rings. The van der Waals surface area contributed by atoms with Gasteiger partial charge in [-0.25, -0.2) is 9.90 Å². The van der Waals surface area contributed by atoms with E-state index in [0.29, 0.717) is 11.1 Å². The molecule has 0 atom stereocenters. The fraction of sp³-hybridized carbons (Fsp3) is 0.111. The van der Waals surface area contributed by atoms with Crippen LogP contribution in [0.4, 0.5) is 10.8 Å². The Kier molecular flexibility index (Phi) is 2.51. The maximum absolute atomic E-state index is 10.7. The molecule has 0 saturated carbocycles. The number of para-hydroxylation sites is 2. The highest BCUT2D eigenvalue weighted by atomic mass is 32.2. The Morgan fingerprint density at radius 1 is 1.47 bits per heavy atom. The maximum Gasteiger partial charge on any atom is 0.471 e. The minimum absolute atomic E-state index is 0.0173. The van der Waals surface area contributed by atoms with Gasteiger partial charge in [-0.2, -0.15) is 9.29 Å². The number of hydrogen-bond acceptors (Lipinski definition) is 4. The molecule has 2 aromatic rings. The summed E-state index contributed by atoms with van der Waals surface area (Å²) in [5, 5.41) is 10.7. The van der Waals surface area contributed by atoms with Gasteiger partial charge < -0.3 is 4.42 Å². The van der Waals surface area contributed by atoms with Crippen molar-refractivity contribution in [3.8, 4) is 0 Å². The minimum atomic E-state index is -1.35. The van der Waals surface area contributed by atoms with Gasteiger partial charge in [0.25, 0.3) is 0 Å². The number of benzene rings is 1. The lowest BCUT2D eigenvalue weighted by molar-refractivity contribution is 0.180. The molecule has 0 saturated heterocycles. The molecule has 6 heteroatoms. The van der Waals surface area contributed by atoms with Crippen LogP contribution in [0.5, 0.6) is 0 Å². The van der Waals surface area contributed by atoms with Crippen LogP contribution in [0.1, 0.15) is 0 Å². The largest absolute Gasteiger partial charge is 0.471 e. The van der Waals surface area contributed by atoms with Gasteiger partial charge in [0.2, 0.25) is 0 Å². The molecule has 0 spiro atoms. The van der Waals surface area contributed by atoms with Gasteiger partial charge in [0, 0.05) is 6.26 Å². The van der Waals surface area contributed by atoms with Crippen molar-refractivity contribution in [2.75, 3.05) is 10.6 Å². The standard InChI is InChI=1S/C9H7N2O3S/c1-15-11(9(12)13)8-10-6-4-2-3-5-7(6)14-8/h2-5H,1H3. The number of oxazole rings is 1. The van der Waals surface area contributed by atoms with E-state index >= 15 is 0 Å². The van der Waals surface area contributed by atoms with Crippen molar-refractivity contribution in [3.63, 3.8) is 0 Å². The molecule has 0 N–H and O–H groups in total. The van der Waals surface area contributed by atoms with Gasteiger partial charge in [0.1, 0.15) is 5.52 Å². The molecule has 1 aromatic heterocycles. The zero-order valence-electron chi connectivity index (χ0n) is 7.84. The van der Waals surface area contributed by atoms with E-state index in [0.717, 1.165) is 16.3 Å². The third-order valence-electron chi connectivity index (χ3n) is 1.80. The first kappa shape index (κ1) is 9.85.